The smallest absolute Gasteiger partial charge is 0.313 e. The van der Waals surface area contributed by atoms with Gasteiger partial charge in [-0.15, -0.1) is 0 Å². The first-order valence-corrected chi connectivity index (χ1v) is 7.03. The summed E-state index contributed by atoms with van der Waals surface area (Å²) in [6, 6.07) is 0. The summed E-state index contributed by atoms with van der Waals surface area (Å²) >= 11 is 0. The standard InChI is InChI=1S/C14H25NO2/c1-11(2)14(7-8-15-10-14)13(16)17-9-12-5-3-4-6-12/h11-12,15H,3-10H2,1-2H3. The monoisotopic (exact) mass is 239 g/mol. The van der Waals surface area contributed by atoms with E-state index in [4.69, 9.17) is 4.74 Å². The van der Waals surface area contributed by atoms with Crippen LogP contribution in [-0.4, -0.2) is 25.7 Å². The van der Waals surface area contributed by atoms with E-state index < -0.39 is 0 Å². The van der Waals surface area contributed by atoms with Crippen molar-refractivity contribution in [2.24, 2.45) is 17.3 Å². The van der Waals surface area contributed by atoms with Gasteiger partial charge in [-0.1, -0.05) is 26.7 Å². The van der Waals surface area contributed by atoms with Gasteiger partial charge in [0.2, 0.25) is 0 Å². The van der Waals surface area contributed by atoms with Gasteiger partial charge in [0.25, 0.3) is 0 Å². The molecule has 0 radical (unpaired) electrons. The van der Waals surface area contributed by atoms with Crippen molar-refractivity contribution in [2.75, 3.05) is 19.7 Å². The first-order chi connectivity index (χ1) is 8.15. The summed E-state index contributed by atoms with van der Waals surface area (Å²) in [5.41, 5.74) is -0.265. The third kappa shape index (κ3) is 2.65. The molecule has 1 aliphatic carbocycles. The van der Waals surface area contributed by atoms with E-state index in [1.807, 2.05) is 0 Å². The summed E-state index contributed by atoms with van der Waals surface area (Å²) < 4.78 is 5.60. The van der Waals surface area contributed by atoms with E-state index in [0.717, 1.165) is 19.5 Å². The molecule has 98 valence electrons. The Balaban J connectivity index is 1.88. The average Bonchev–Trinajstić information content (AvgIpc) is 2.97. The number of carbonyl (C=O) groups excluding carboxylic acids is 1. The van der Waals surface area contributed by atoms with E-state index >= 15 is 0 Å². The maximum atomic E-state index is 12.3. The molecule has 2 rings (SSSR count). The average molecular weight is 239 g/mol. The zero-order valence-electron chi connectivity index (χ0n) is 11.1. The quantitative estimate of drug-likeness (QED) is 0.765. The van der Waals surface area contributed by atoms with Crippen molar-refractivity contribution in [1.29, 1.82) is 0 Å². The van der Waals surface area contributed by atoms with E-state index in [0.29, 0.717) is 18.4 Å². The van der Waals surface area contributed by atoms with Gasteiger partial charge in [-0.3, -0.25) is 4.79 Å². The molecule has 17 heavy (non-hydrogen) atoms. The molecule has 1 aliphatic heterocycles. The summed E-state index contributed by atoms with van der Waals surface area (Å²) in [5, 5.41) is 3.30. The Kier molecular flexibility index (Phi) is 4.08. The van der Waals surface area contributed by atoms with Crippen molar-refractivity contribution in [2.45, 2.75) is 46.0 Å². The highest BCUT2D eigenvalue weighted by atomic mass is 16.5. The lowest BCUT2D eigenvalue weighted by Gasteiger charge is -2.30. The summed E-state index contributed by atoms with van der Waals surface area (Å²) in [6.07, 6.45) is 6.01. The zero-order valence-corrected chi connectivity index (χ0v) is 11.1. The first kappa shape index (κ1) is 12.9. The molecule has 3 heteroatoms. The number of hydrogen-bond donors (Lipinski definition) is 1. The first-order valence-electron chi connectivity index (χ1n) is 7.03. The second kappa shape index (κ2) is 5.38. The minimum absolute atomic E-state index is 0.0319. The fraction of sp³-hybridized carbons (Fsp3) is 0.929. The summed E-state index contributed by atoms with van der Waals surface area (Å²) in [7, 11) is 0. The van der Waals surface area contributed by atoms with Gasteiger partial charge in [0.05, 0.1) is 12.0 Å². The third-order valence-corrected chi connectivity index (χ3v) is 4.62. The Hall–Kier alpha value is -0.570. The Morgan fingerprint density at radius 1 is 1.41 bits per heavy atom. The van der Waals surface area contributed by atoms with Crippen LogP contribution in [-0.2, 0) is 9.53 Å². The predicted molar refractivity (Wildman–Crippen MR) is 67.7 cm³/mol. The maximum absolute atomic E-state index is 12.3. The fourth-order valence-electron chi connectivity index (χ4n) is 3.13. The molecule has 1 atom stereocenters. The number of esters is 1. The van der Waals surface area contributed by atoms with Crippen LogP contribution < -0.4 is 5.32 Å². The maximum Gasteiger partial charge on any atom is 0.313 e. The van der Waals surface area contributed by atoms with E-state index in [-0.39, 0.29) is 11.4 Å². The molecule has 0 aromatic carbocycles. The number of rotatable bonds is 4. The Morgan fingerprint density at radius 3 is 2.65 bits per heavy atom. The van der Waals surface area contributed by atoms with Crippen molar-refractivity contribution in [3.05, 3.63) is 0 Å². The molecule has 1 N–H and O–H groups in total. The van der Waals surface area contributed by atoms with Gasteiger partial charge in [-0.05, 0) is 37.6 Å². The van der Waals surface area contributed by atoms with Crippen LogP contribution in [0.15, 0.2) is 0 Å². The molecule has 1 saturated carbocycles. The summed E-state index contributed by atoms with van der Waals surface area (Å²) in [6.45, 7) is 6.63. The molecule has 3 nitrogen and oxygen atoms in total. The summed E-state index contributed by atoms with van der Waals surface area (Å²) in [5.74, 6) is 1.01. The van der Waals surface area contributed by atoms with E-state index in [1.165, 1.54) is 25.7 Å². The van der Waals surface area contributed by atoms with Gasteiger partial charge in [-0.2, -0.15) is 0 Å². The van der Waals surface area contributed by atoms with Crippen molar-refractivity contribution >= 4 is 5.97 Å². The lowest BCUT2D eigenvalue weighted by molar-refractivity contribution is -0.159. The molecule has 0 aromatic rings. The lowest BCUT2D eigenvalue weighted by Crippen LogP contribution is -2.40. The van der Waals surface area contributed by atoms with Crippen LogP contribution >= 0.6 is 0 Å². The van der Waals surface area contributed by atoms with Crippen molar-refractivity contribution in [1.82, 2.24) is 5.32 Å². The zero-order chi connectivity index (χ0) is 12.3. The molecular formula is C14H25NO2. The Bertz CT molecular complexity index is 263. The Morgan fingerprint density at radius 2 is 2.12 bits per heavy atom. The normalized spacial score (nSPS) is 30.1. The second-order valence-electron chi connectivity index (χ2n) is 5.99. The molecule has 0 amide bonds. The van der Waals surface area contributed by atoms with E-state index in [2.05, 4.69) is 19.2 Å². The largest absolute Gasteiger partial charge is 0.465 e. The third-order valence-electron chi connectivity index (χ3n) is 4.62. The van der Waals surface area contributed by atoms with E-state index in [9.17, 15) is 4.79 Å². The highest BCUT2D eigenvalue weighted by molar-refractivity contribution is 5.78. The van der Waals surface area contributed by atoms with Gasteiger partial charge >= 0.3 is 5.97 Å². The van der Waals surface area contributed by atoms with Gasteiger partial charge in [0.1, 0.15) is 0 Å². The number of carbonyl (C=O) groups is 1. The molecular weight excluding hydrogens is 214 g/mol. The van der Waals surface area contributed by atoms with Gasteiger partial charge in [0, 0.05) is 6.54 Å². The minimum atomic E-state index is -0.265. The van der Waals surface area contributed by atoms with Crippen LogP contribution in [0, 0.1) is 17.3 Å². The summed E-state index contributed by atoms with van der Waals surface area (Å²) in [4.78, 5) is 12.3. The van der Waals surface area contributed by atoms with Crippen LogP contribution in [0.2, 0.25) is 0 Å². The molecule has 0 spiro atoms. The molecule has 1 saturated heterocycles. The SMILES string of the molecule is CC(C)C1(C(=O)OCC2CCCC2)CCNC1. The molecule has 2 aliphatic rings. The number of hydrogen-bond acceptors (Lipinski definition) is 3. The van der Waals surface area contributed by atoms with Gasteiger partial charge in [-0.25, -0.2) is 0 Å². The van der Waals surface area contributed by atoms with Crippen molar-refractivity contribution in [3.8, 4) is 0 Å². The fourth-order valence-corrected chi connectivity index (χ4v) is 3.13. The van der Waals surface area contributed by atoms with Crippen LogP contribution in [0.3, 0.4) is 0 Å². The molecule has 0 bridgehead atoms. The van der Waals surface area contributed by atoms with Crippen molar-refractivity contribution < 1.29 is 9.53 Å². The van der Waals surface area contributed by atoms with Gasteiger partial charge in [0.15, 0.2) is 0 Å². The van der Waals surface area contributed by atoms with Gasteiger partial charge < -0.3 is 10.1 Å². The van der Waals surface area contributed by atoms with Crippen molar-refractivity contribution in [3.63, 3.8) is 0 Å². The number of ether oxygens (including phenoxy) is 1. The number of nitrogens with one attached hydrogen (secondary N) is 1. The molecule has 0 aromatic heterocycles. The highest BCUT2D eigenvalue weighted by Gasteiger charge is 2.45. The predicted octanol–water partition coefficient (Wildman–Crippen LogP) is 2.36. The molecule has 1 heterocycles. The Labute approximate surface area is 104 Å². The van der Waals surface area contributed by atoms with Crippen LogP contribution in [0.25, 0.3) is 0 Å². The van der Waals surface area contributed by atoms with Crippen LogP contribution in [0.4, 0.5) is 0 Å². The van der Waals surface area contributed by atoms with Crippen LogP contribution in [0.1, 0.15) is 46.0 Å². The molecule has 2 fully saturated rings. The highest BCUT2D eigenvalue weighted by Crippen LogP contribution is 2.36. The van der Waals surface area contributed by atoms with E-state index in [1.54, 1.807) is 0 Å². The lowest BCUT2D eigenvalue weighted by atomic mass is 9.76. The molecule has 1 unspecified atom stereocenters. The second-order valence-corrected chi connectivity index (χ2v) is 5.99. The van der Waals surface area contributed by atoms with Crippen LogP contribution in [0.5, 0.6) is 0 Å². The minimum Gasteiger partial charge on any atom is -0.465 e. The topological polar surface area (TPSA) is 38.3 Å².